The van der Waals surface area contributed by atoms with Gasteiger partial charge in [-0.05, 0) is 33.6 Å². The van der Waals surface area contributed by atoms with Crippen LogP contribution in [0.15, 0.2) is 22.7 Å². The van der Waals surface area contributed by atoms with Crippen molar-refractivity contribution in [2.24, 2.45) is 5.73 Å². The molecule has 1 aromatic carbocycles. The molecule has 15 heavy (non-hydrogen) atoms. The second-order valence-electron chi connectivity index (χ2n) is 3.26. The molecule has 5 heteroatoms. The quantitative estimate of drug-likeness (QED) is 0.918. The van der Waals surface area contributed by atoms with Crippen LogP contribution in [0.3, 0.4) is 0 Å². The van der Waals surface area contributed by atoms with Gasteiger partial charge in [0.05, 0.1) is 12.2 Å². The molecule has 0 aliphatic carbocycles. The third-order valence-corrected chi connectivity index (χ3v) is 2.71. The highest BCUT2D eigenvalue weighted by molar-refractivity contribution is 9.10. The zero-order chi connectivity index (χ0) is 11.4. The van der Waals surface area contributed by atoms with Crippen LogP contribution in [0, 0.1) is 0 Å². The van der Waals surface area contributed by atoms with Crippen LogP contribution in [0.4, 0.5) is 14.5 Å². The second-order valence-corrected chi connectivity index (χ2v) is 4.12. The van der Waals surface area contributed by atoms with Crippen molar-refractivity contribution in [3.05, 3.63) is 28.2 Å². The van der Waals surface area contributed by atoms with Crippen LogP contribution in [0.25, 0.3) is 0 Å². The topological polar surface area (TPSA) is 29.3 Å². The maximum absolute atomic E-state index is 12.2. The zero-order valence-corrected chi connectivity index (χ0v) is 9.97. The predicted octanol–water partition coefficient (Wildman–Crippen LogP) is 2.61. The van der Waals surface area contributed by atoms with Crippen molar-refractivity contribution < 1.29 is 8.78 Å². The minimum Gasteiger partial charge on any atom is -0.368 e. The molecule has 0 bridgehead atoms. The predicted molar refractivity (Wildman–Crippen MR) is 61.3 cm³/mol. The van der Waals surface area contributed by atoms with Crippen molar-refractivity contribution in [3.8, 4) is 0 Å². The van der Waals surface area contributed by atoms with E-state index in [1.807, 2.05) is 12.1 Å². The van der Waals surface area contributed by atoms with Crippen LogP contribution in [-0.4, -0.2) is 20.0 Å². The van der Waals surface area contributed by atoms with E-state index in [0.29, 0.717) is 6.54 Å². The van der Waals surface area contributed by atoms with Gasteiger partial charge in [0.2, 0.25) is 0 Å². The lowest BCUT2D eigenvalue weighted by Crippen LogP contribution is -2.24. The Hall–Kier alpha value is -0.680. The van der Waals surface area contributed by atoms with Crippen LogP contribution < -0.4 is 10.6 Å². The minimum atomic E-state index is -2.34. The molecule has 84 valence electrons. The largest absolute Gasteiger partial charge is 0.368 e. The number of benzene rings is 1. The summed E-state index contributed by atoms with van der Waals surface area (Å²) in [5.41, 5.74) is 7.18. The molecule has 2 N–H and O–H groups in total. The molecule has 1 rings (SSSR count). The normalized spacial score (nSPS) is 10.8. The number of anilines is 1. The highest BCUT2D eigenvalue weighted by atomic mass is 79.9. The van der Waals surface area contributed by atoms with Crippen LogP contribution in [0.1, 0.15) is 5.56 Å². The Labute approximate surface area is 96.2 Å². The molecule has 0 aliphatic heterocycles. The molecule has 0 spiro atoms. The van der Waals surface area contributed by atoms with E-state index in [4.69, 9.17) is 5.73 Å². The zero-order valence-electron chi connectivity index (χ0n) is 8.38. The lowest BCUT2D eigenvalue weighted by molar-refractivity contribution is 0.156. The molecule has 0 unspecified atom stereocenters. The minimum absolute atomic E-state index is 0.277. The number of hydrogen-bond donors (Lipinski definition) is 1. The Morgan fingerprint density at radius 3 is 2.60 bits per heavy atom. The highest BCUT2D eigenvalue weighted by Crippen LogP contribution is 2.26. The van der Waals surface area contributed by atoms with Gasteiger partial charge in [0.1, 0.15) is 0 Å². The molecule has 0 radical (unpaired) electrons. The van der Waals surface area contributed by atoms with E-state index in [9.17, 15) is 8.78 Å². The van der Waals surface area contributed by atoms with Gasteiger partial charge in [0, 0.05) is 18.1 Å². The van der Waals surface area contributed by atoms with Gasteiger partial charge in [-0.3, -0.25) is 0 Å². The Balaban J connectivity index is 2.85. The average Bonchev–Trinajstić information content (AvgIpc) is 2.16. The van der Waals surface area contributed by atoms with E-state index in [2.05, 4.69) is 15.9 Å². The van der Waals surface area contributed by atoms with Crippen molar-refractivity contribution in [2.75, 3.05) is 18.5 Å². The lowest BCUT2D eigenvalue weighted by Gasteiger charge is -2.20. The number of halogens is 3. The summed E-state index contributed by atoms with van der Waals surface area (Å²) in [6, 6.07) is 5.47. The number of hydrogen-bond acceptors (Lipinski definition) is 2. The first-order chi connectivity index (χ1) is 7.04. The number of alkyl halides is 2. The van der Waals surface area contributed by atoms with Gasteiger partial charge in [-0.1, -0.05) is 6.07 Å². The Morgan fingerprint density at radius 2 is 2.13 bits per heavy atom. The maximum Gasteiger partial charge on any atom is 0.255 e. The molecule has 0 aromatic heterocycles. The molecule has 0 saturated carbocycles. The van der Waals surface area contributed by atoms with Crippen LogP contribution >= 0.6 is 15.9 Å². The molecule has 1 aromatic rings. The first-order valence-electron chi connectivity index (χ1n) is 4.52. The third kappa shape index (κ3) is 3.43. The van der Waals surface area contributed by atoms with Crippen molar-refractivity contribution in [1.29, 1.82) is 0 Å². The summed E-state index contributed by atoms with van der Waals surface area (Å²) in [6.07, 6.45) is -2.34. The molecule has 2 nitrogen and oxygen atoms in total. The van der Waals surface area contributed by atoms with Gasteiger partial charge in [-0.25, -0.2) is 8.78 Å². The first kappa shape index (κ1) is 12.4. The van der Waals surface area contributed by atoms with Crippen LogP contribution in [0.5, 0.6) is 0 Å². The van der Waals surface area contributed by atoms with E-state index >= 15 is 0 Å². The molecule has 0 aliphatic rings. The van der Waals surface area contributed by atoms with E-state index in [1.54, 1.807) is 13.1 Å². The Kier molecular flexibility index (Phi) is 4.47. The number of nitrogens with two attached hydrogens (primary N) is 1. The van der Waals surface area contributed by atoms with Crippen molar-refractivity contribution in [1.82, 2.24) is 0 Å². The summed E-state index contributed by atoms with van der Waals surface area (Å²) in [5, 5.41) is 0. The Bertz CT molecular complexity index is 331. The van der Waals surface area contributed by atoms with Gasteiger partial charge in [0.15, 0.2) is 0 Å². The molecule has 0 amide bonds. The summed E-state index contributed by atoms with van der Waals surface area (Å²) in [7, 11) is 1.63. The van der Waals surface area contributed by atoms with Crippen molar-refractivity contribution in [2.45, 2.75) is 13.0 Å². The fourth-order valence-electron chi connectivity index (χ4n) is 1.29. The average molecular weight is 279 g/mol. The molecule has 0 atom stereocenters. The van der Waals surface area contributed by atoms with Gasteiger partial charge in [0.25, 0.3) is 6.43 Å². The standard InChI is InChI=1S/C10H13BrF2N2/c1-15(6-10(12)13)9-3-2-7(5-14)4-8(9)11/h2-4,10H,5-6,14H2,1H3. The van der Waals surface area contributed by atoms with Crippen LogP contribution in [0.2, 0.25) is 0 Å². The summed E-state index contributed by atoms with van der Waals surface area (Å²) in [6.45, 7) is 0.165. The van der Waals surface area contributed by atoms with E-state index in [1.165, 1.54) is 4.90 Å². The fourth-order valence-corrected chi connectivity index (χ4v) is 2.02. The third-order valence-electron chi connectivity index (χ3n) is 2.07. The summed E-state index contributed by atoms with van der Waals surface area (Å²) < 4.78 is 25.1. The SMILES string of the molecule is CN(CC(F)F)c1ccc(CN)cc1Br. The van der Waals surface area contributed by atoms with Crippen molar-refractivity contribution >= 4 is 21.6 Å². The second kappa shape index (κ2) is 5.42. The molecule has 0 heterocycles. The first-order valence-corrected chi connectivity index (χ1v) is 5.31. The van der Waals surface area contributed by atoms with Crippen molar-refractivity contribution in [3.63, 3.8) is 0 Å². The molecule has 0 fully saturated rings. The van der Waals surface area contributed by atoms with Gasteiger partial charge in [-0.2, -0.15) is 0 Å². The van der Waals surface area contributed by atoms with E-state index in [0.717, 1.165) is 15.7 Å². The molecular weight excluding hydrogens is 266 g/mol. The monoisotopic (exact) mass is 278 g/mol. The van der Waals surface area contributed by atoms with Crippen LogP contribution in [-0.2, 0) is 6.54 Å². The summed E-state index contributed by atoms with van der Waals surface area (Å²) >= 11 is 3.34. The lowest BCUT2D eigenvalue weighted by atomic mass is 10.2. The molecular formula is C10H13BrF2N2. The number of rotatable bonds is 4. The maximum atomic E-state index is 12.2. The van der Waals surface area contributed by atoms with E-state index < -0.39 is 6.43 Å². The highest BCUT2D eigenvalue weighted by Gasteiger charge is 2.11. The molecule has 0 saturated heterocycles. The number of nitrogens with zero attached hydrogens (tertiary/aromatic N) is 1. The van der Waals surface area contributed by atoms with Gasteiger partial charge < -0.3 is 10.6 Å². The van der Waals surface area contributed by atoms with E-state index in [-0.39, 0.29) is 6.54 Å². The smallest absolute Gasteiger partial charge is 0.255 e. The Morgan fingerprint density at radius 1 is 1.47 bits per heavy atom. The van der Waals surface area contributed by atoms with Gasteiger partial charge >= 0.3 is 0 Å². The fraction of sp³-hybridized carbons (Fsp3) is 0.400. The summed E-state index contributed by atoms with van der Waals surface area (Å²) in [4.78, 5) is 1.51. The van der Waals surface area contributed by atoms with Gasteiger partial charge in [-0.15, -0.1) is 0 Å². The summed E-state index contributed by atoms with van der Waals surface area (Å²) in [5.74, 6) is 0.